The summed E-state index contributed by atoms with van der Waals surface area (Å²) in [6, 6.07) is 3.60. The molecule has 170 valence electrons. The molecule has 4 rings (SSSR count). The van der Waals surface area contributed by atoms with Crippen LogP contribution in [0, 0.1) is 6.92 Å². The Morgan fingerprint density at radius 1 is 1.26 bits per heavy atom. The van der Waals surface area contributed by atoms with E-state index in [0.717, 1.165) is 48.9 Å². The molecule has 1 saturated heterocycles. The number of cyclic esters (lactones) is 1. The number of ether oxygens (including phenoxy) is 2. The lowest BCUT2D eigenvalue weighted by molar-refractivity contribution is -0.0394. The van der Waals surface area contributed by atoms with Crippen LogP contribution in [0.2, 0.25) is 0 Å². The molecule has 0 radical (unpaired) electrons. The molecule has 2 fully saturated rings. The Morgan fingerprint density at radius 3 is 2.65 bits per heavy atom. The van der Waals surface area contributed by atoms with Crippen LogP contribution in [-0.2, 0) is 16.1 Å². The predicted molar refractivity (Wildman–Crippen MR) is 116 cm³/mol. The van der Waals surface area contributed by atoms with E-state index < -0.39 is 11.7 Å². The van der Waals surface area contributed by atoms with Crippen LogP contribution in [-0.4, -0.2) is 64.3 Å². The van der Waals surface area contributed by atoms with Gasteiger partial charge in [-0.05, 0) is 57.7 Å². The lowest BCUT2D eigenvalue weighted by Crippen LogP contribution is -2.63. The molecule has 0 aromatic heterocycles. The number of carbonyl (C=O) groups is 2. The van der Waals surface area contributed by atoms with Crippen LogP contribution in [0.15, 0.2) is 12.1 Å². The number of rotatable bonds is 3. The summed E-state index contributed by atoms with van der Waals surface area (Å²) in [6.07, 6.45) is 3.26. The minimum absolute atomic E-state index is 0.215. The molecule has 7 heteroatoms. The van der Waals surface area contributed by atoms with Gasteiger partial charge in [-0.15, -0.1) is 0 Å². The molecule has 1 saturated carbocycles. The maximum atomic E-state index is 12.9. The number of amides is 1. The highest BCUT2D eigenvalue weighted by Gasteiger charge is 2.47. The van der Waals surface area contributed by atoms with Gasteiger partial charge >= 0.3 is 12.1 Å². The van der Waals surface area contributed by atoms with Gasteiger partial charge in [0.25, 0.3) is 0 Å². The predicted octanol–water partition coefficient (Wildman–Crippen LogP) is 3.56. The van der Waals surface area contributed by atoms with Crippen molar-refractivity contribution in [1.29, 1.82) is 0 Å². The Labute approximate surface area is 184 Å². The highest BCUT2D eigenvalue weighted by molar-refractivity contribution is 5.93. The Hall–Kier alpha value is -2.12. The van der Waals surface area contributed by atoms with Gasteiger partial charge in [0.1, 0.15) is 12.2 Å². The first-order valence-corrected chi connectivity index (χ1v) is 11.3. The third kappa shape index (κ3) is 4.30. The maximum Gasteiger partial charge on any atom is 0.410 e. The van der Waals surface area contributed by atoms with Gasteiger partial charge in [-0.1, -0.05) is 18.9 Å². The van der Waals surface area contributed by atoms with E-state index in [1.54, 1.807) is 6.07 Å². The third-order valence-electron chi connectivity index (χ3n) is 6.88. The maximum absolute atomic E-state index is 12.9. The molecule has 0 bridgehead atoms. The van der Waals surface area contributed by atoms with Crippen LogP contribution in [0.4, 0.5) is 4.79 Å². The quantitative estimate of drug-likeness (QED) is 0.739. The smallest absolute Gasteiger partial charge is 0.410 e. The number of nitrogens with zero attached hydrogens (tertiary/aromatic N) is 2. The average Bonchev–Trinajstić information content (AvgIpc) is 3.28. The Morgan fingerprint density at radius 2 is 1.97 bits per heavy atom. The summed E-state index contributed by atoms with van der Waals surface area (Å²) >= 11 is 0. The fourth-order valence-electron chi connectivity index (χ4n) is 5.35. The van der Waals surface area contributed by atoms with Gasteiger partial charge in [0.05, 0.1) is 17.2 Å². The number of piperazine rings is 1. The van der Waals surface area contributed by atoms with Crippen molar-refractivity contribution in [3.05, 3.63) is 34.4 Å². The summed E-state index contributed by atoms with van der Waals surface area (Å²) in [7, 11) is 0. The van der Waals surface area contributed by atoms with Crippen LogP contribution in [0.5, 0.6) is 0 Å². The number of aliphatic hydroxyl groups excluding tert-OH is 1. The Bertz CT molecular complexity index is 869. The Kier molecular flexibility index (Phi) is 5.77. The molecule has 1 spiro atoms. The largest absolute Gasteiger partial charge is 0.457 e. The van der Waals surface area contributed by atoms with Gasteiger partial charge in [-0.3, -0.25) is 9.80 Å². The topological polar surface area (TPSA) is 79.3 Å². The highest BCUT2D eigenvalue weighted by atomic mass is 16.6. The van der Waals surface area contributed by atoms with Crippen molar-refractivity contribution in [3.63, 3.8) is 0 Å². The van der Waals surface area contributed by atoms with E-state index in [0.29, 0.717) is 25.2 Å². The van der Waals surface area contributed by atoms with Crippen molar-refractivity contribution in [2.75, 3.05) is 26.2 Å². The van der Waals surface area contributed by atoms with E-state index in [2.05, 4.69) is 4.90 Å². The molecule has 1 aromatic rings. The zero-order valence-corrected chi connectivity index (χ0v) is 19.1. The van der Waals surface area contributed by atoms with Crippen molar-refractivity contribution in [2.45, 2.75) is 77.2 Å². The minimum Gasteiger partial charge on any atom is -0.457 e. The molecule has 1 aromatic carbocycles. The second-order valence-electron chi connectivity index (χ2n) is 10.2. The number of fused-ring (bicyclic) bond motifs is 1. The van der Waals surface area contributed by atoms with Gasteiger partial charge < -0.3 is 14.6 Å². The third-order valence-corrected chi connectivity index (χ3v) is 6.88. The van der Waals surface area contributed by atoms with Gasteiger partial charge in [0, 0.05) is 31.7 Å². The van der Waals surface area contributed by atoms with Crippen molar-refractivity contribution < 1.29 is 24.2 Å². The lowest BCUT2D eigenvalue weighted by Gasteiger charge is -2.49. The van der Waals surface area contributed by atoms with Crippen molar-refractivity contribution in [1.82, 2.24) is 9.80 Å². The number of β-amino-alcohol motifs (C(OH)–C–C–N with tert-alkyl or cyclic N) is 1. The van der Waals surface area contributed by atoms with E-state index >= 15 is 0 Å². The molecule has 7 nitrogen and oxygen atoms in total. The SMILES string of the molecule is Cc1c([C@H](O)CN2CCN(C(=O)OC(C)(C)C)C3(CCCC3)C2)ccc2c1COC2=O. The van der Waals surface area contributed by atoms with E-state index in [4.69, 9.17) is 9.47 Å². The first-order chi connectivity index (χ1) is 14.6. The zero-order valence-electron chi connectivity index (χ0n) is 19.1. The summed E-state index contributed by atoms with van der Waals surface area (Å²) in [4.78, 5) is 28.9. The standard InChI is InChI=1S/C24H34N2O5/c1-16-17(7-8-18-19(16)14-30-21(18)28)20(27)13-25-11-12-26(22(29)31-23(2,3)4)24(15-25)9-5-6-10-24/h7-8,20,27H,5-6,9-15H2,1-4H3/t20-/m1/s1. The second-order valence-corrected chi connectivity index (χ2v) is 10.2. The highest BCUT2D eigenvalue weighted by Crippen LogP contribution is 2.39. The van der Waals surface area contributed by atoms with Gasteiger partial charge in [0.2, 0.25) is 0 Å². The van der Waals surface area contributed by atoms with Gasteiger partial charge in [-0.2, -0.15) is 0 Å². The molecule has 2 heterocycles. The van der Waals surface area contributed by atoms with Crippen LogP contribution in [0.1, 0.15) is 79.6 Å². The molecule has 1 atom stereocenters. The number of benzene rings is 1. The number of carbonyl (C=O) groups excluding carboxylic acids is 2. The summed E-state index contributed by atoms with van der Waals surface area (Å²) in [6.45, 7) is 10.5. The number of esters is 1. The molecule has 1 amide bonds. The van der Waals surface area contributed by atoms with Crippen molar-refractivity contribution in [3.8, 4) is 0 Å². The number of aliphatic hydroxyl groups is 1. The molecular formula is C24H34N2O5. The average molecular weight is 431 g/mol. The molecule has 31 heavy (non-hydrogen) atoms. The van der Waals surface area contributed by atoms with E-state index in [1.165, 1.54) is 0 Å². The molecule has 2 aliphatic heterocycles. The summed E-state index contributed by atoms with van der Waals surface area (Å²) in [5.74, 6) is -0.291. The number of hydrogen-bond donors (Lipinski definition) is 1. The first kappa shape index (κ1) is 22.1. The van der Waals surface area contributed by atoms with Crippen LogP contribution >= 0.6 is 0 Å². The van der Waals surface area contributed by atoms with E-state index in [1.807, 2.05) is 38.7 Å². The van der Waals surface area contributed by atoms with Gasteiger partial charge in [-0.25, -0.2) is 9.59 Å². The second kappa shape index (κ2) is 8.10. The molecule has 3 aliphatic rings. The molecular weight excluding hydrogens is 396 g/mol. The number of hydrogen-bond acceptors (Lipinski definition) is 6. The lowest BCUT2D eigenvalue weighted by atomic mass is 9.91. The van der Waals surface area contributed by atoms with Crippen LogP contribution in [0.25, 0.3) is 0 Å². The molecule has 1 aliphatic carbocycles. The molecule has 0 unspecified atom stereocenters. The van der Waals surface area contributed by atoms with Crippen molar-refractivity contribution >= 4 is 12.1 Å². The summed E-state index contributed by atoms with van der Waals surface area (Å²) in [5, 5.41) is 11.0. The monoisotopic (exact) mass is 430 g/mol. The van der Waals surface area contributed by atoms with E-state index in [9.17, 15) is 14.7 Å². The normalized spacial score (nSPS) is 21.8. The van der Waals surface area contributed by atoms with Crippen LogP contribution in [0.3, 0.4) is 0 Å². The summed E-state index contributed by atoms with van der Waals surface area (Å²) in [5.41, 5.74) is 2.52. The van der Waals surface area contributed by atoms with E-state index in [-0.39, 0.29) is 24.2 Å². The van der Waals surface area contributed by atoms with Gasteiger partial charge in [0.15, 0.2) is 0 Å². The Balaban J connectivity index is 1.47. The minimum atomic E-state index is -0.660. The fraction of sp³-hybridized carbons (Fsp3) is 0.667. The fourth-order valence-corrected chi connectivity index (χ4v) is 5.35. The van der Waals surface area contributed by atoms with Crippen molar-refractivity contribution in [2.24, 2.45) is 0 Å². The summed E-state index contributed by atoms with van der Waals surface area (Å²) < 4.78 is 10.8. The van der Waals surface area contributed by atoms with Crippen LogP contribution < -0.4 is 0 Å². The molecule has 1 N–H and O–H groups in total. The zero-order chi connectivity index (χ0) is 22.4. The first-order valence-electron chi connectivity index (χ1n) is 11.3.